The molecule has 0 unspecified atom stereocenters. The number of nitrogens with zero attached hydrogens (tertiary/aromatic N) is 2. The molecule has 0 spiro atoms. The number of carbonyl (C=O) groups is 1. The normalized spacial score (nSPS) is 16.6. The minimum absolute atomic E-state index is 0.0809. The second kappa shape index (κ2) is 3.77. The van der Waals surface area contributed by atoms with Crippen molar-refractivity contribution in [2.45, 2.75) is 25.2 Å². The maximum Gasteiger partial charge on any atom is 0.242 e. The predicted octanol–water partition coefficient (Wildman–Crippen LogP) is 2.70. The standard InChI is InChI=1S/C14H13FN2O/c1-10-16-8-9-17(10)13(18)14(6-7-14)11-4-2-3-5-12(11)15/h2-5,8-9H,6-7H2,1H3. The number of aryl methyl sites for hydroxylation is 1. The van der Waals surface area contributed by atoms with Crippen LogP contribution in [0.15, 0.2) is 36.7 Å². The molecular formula is C14H13FN2O. The number of hydrogen-bond donors (Lipinski definition) is 0. The number of carbonyl (C=O) groups excluding carboxylic acids is 1. The number of rotatable bonds is 2. The molecule has 0 saturated heterocycles. The lowest BCUT2D eigenvalue weighted by Gasteiger charge is -2.16. The topological polar surface area (TPSA) is 34.9 Å². The Balaban J connectivity index is 2.05. The largest absolute Gasteiger partial charge is 0.273 e. The fourth-order valence-corrected chi connectivity index (χ4v) is 2.40. The van der Waals surface area contributed by atoms with E-state index in [2.05, 4.69) is 4.98 Å². The van der Waals surface area contributed by atoms with E-state index in [9.17, 15) is 9.18 Å². The van der Waals surface area contributed by atoms with Crippen LogP contribution in [-0.2, 0) is 5.41 Å². The van der Waals surface area contributed by atoms with Gasteiger partial charge in [0.25, 0.3) is 0 Å². The summed E-state index contributed by atoms with van der Waals surface area (Å²) in [7, 11) is 0. The van der Waals surface area contributed by atoms with Gasteiger partial charge in [-0.15, -0.1) is 0 Å². The van der Waals surface area contributed by atoms with Crippen molar-refractivity contribution in [2.75, 3.05) is 0 Å². The van der Waals surface area contributed by atoms with Gasteiger partial charge in [0.2, 0.25) is 5.91 Å². The van der Waals surface area contributed by atoms with Crippen molar-refractivity contribution in [3.05, 3.63) is 53.9 Å². The van der Waals surface area contributed by atoms with E-state index in [0.29, 0.717) is 24.2 Å². The first-order valence-corrected chi connectivity index (χ1v) is 5.95. The van der Waals surface area contributed by atoms with Crippen molar-refractivity contribution in [1.82, 2.24) is 9.55 Å². The molecule has 1 aromatic carbocycles. The Morgan fingerprint density at radius 3 is 2.67 bits per heavy atom. The van der Waals surface area contributed by atoms with Gasteiger partial charge in [-0.2, -0.15) is 0 Å². The Morgan fingerprint density at radius 1 is 1.39 bits per heavy atom. The number of halogens is 1. The molecule has 4 heteroatoms. The fourth-order valence-electron chi connectivity index (χ4n) is 2.40. The molecule has 1 saturated carbocycles. The van der Waals surface area contributed by atoms with E-state index in [4.69, 9.17) is 0 Å². The number of imidazole rings is 1. The molecule has 18 heavy (non-hydrogen) atoms. The van der Waals surface area contributed by atoms with Crippen LogP contribution in [0.3, 0.4) is 0 Å². The van der Waals surface area contributed by atoms with Crippen molar-refractivity contribution in [2.24, 2.45) is 0 Å². The van der Waals surface area contributed by atoms with Crippen LogP contribution in [0.25, 0.3) is 0 Å². The van der Waals surface area contributed by atoms with E-state index < -0.39 is 5.41 Å². The Morgan fingerprint density at radius 2 is 2.11 bits per heavy atom. The van der Waals surface area contributed by atoms with Gasteiger partial charge in [0, 0.05) is 18.0 Å². The van der Waals surface area contributed by atoms with Crippen LogP contribution < -0.4 is 0 Å². The molecule has 3 rings (SSSR count). The third kappa shape index (κ3) is 1.49. The second-order valence-corrected chi connectivity index (χ2v) is 4.71. The summed E-state index contributed by atoms with van der Waals surface area (Å²) in [6.45, 7) is 1.77. The van der Waals surface area contributed by atoms with Gasteiger partial charge in [0.05, 0.1) is 5.41 Å². The van der Waals surface area contributed by atoms with Gasteiger partial charge in [-0.1, -0.05) is 18.2 Å². The van der Waals surface area contributed by atoms with Crippen molar-refractivity contribution >= 4 is 5.91 Å². The van der Waals surface area contributed by atoms with E-state index in [-0.39, 0.29) is 11.7 Å². The maximum atomic E-state index is 13.9. The molecule has 1 aromatic heterocycles. The third-order valence-corrected chi connectivity index (χ3v) is 3.59. The van der Waals surface area contributed by atoms with Gasteiger partial charge in [-0.25, -0.2) is 9.37 Å². The highest BCUT2D eigenvalue weighted by Gasteiger charge is 2.53. The smallest absolute Gasteiger partial charge is 0.242 e. The van der Waals surface area contributed by atoms with E-state index in [1.807, 2.05) is 0 Å². The minimum Gasteiger partial charge on any atom is -0.273 e. The molecule has 0 N–H and O–H groups in total. The van der Waals surface area contributed by atoms with E-state index in [1.165, 1.54) is 10.6 Å². The molecule has 1 aliphatic rings. The molecule has 1 heterocycles. The monoisotopic (exact) mass is 244 g/mol. The summed E-state index contributed by atoms with van der Waals surface area (Å²) in [5.41, 5.74) is -0.181. The molecule has 0 radical (unpaired) electrons. The van der Waals surface area contributed by atoms with Crippen LogP contribution in [0.5, 0.6) is 0 Å². The third-order valence-electron chi connectivity index (χ3n) is 3.59. The summed E-state index contributed by atoms with van der Waals surface area (Å²) in [4.78, 5) is 16.6. The SMILES string of the molecule is Cc1nccn1C(=O)C1(c2ccccc2F)CC1. The first-order valence-electron chi connectivity index (χ1n) is 5.95. The van der Waals surface area contributed by atoms with Crippen LogP contribution in [0.1, 0.15) is 29.0 Å². The Labute approximate surface area is 104 Å². The summed E-state index contributed by atoms with van der Waals surface area (Å²) in [5, 5.41) is 0. The van der Waals surface area contributed by atoms with Crippen LogP contribution in [0.2, 0.25) is 0 Å². The summed E-state index contributed by atoms with van der Waals surface area (Å²) >= 11 is 0. The Hall–Kier alpha value is -1.97. The van der Waals surface area contributed by atoms with Crippen LogP contribution >= 0.6 is 0 Å². The molecule has 1 fully saturated rings. The molecule has 92 valence electrons. The van der Waals surface area contributed by atoms with Gasteiger partial charge >= 0.3 is 0 Å². The van der Waals surface area contributed by atoms with Gasteiger partial charge in [-0.3, -0.25) is 9.36 Å². The lowest BCUT2D eigenvalue weighted by Crippen LogP contribution is -2.28. The zero-order valence-corrected chi connectivity index (χ0v) is 10.1. The zero-order chi connectivity index (χ0) is 12.8. The van der Waals surface area contributed by atoms with Crippen LogP contribution in [-0.4, -0.2) is 15.5 Å². The summed E-state index contributed by atoms with van der Waals surface area (Å²) in [6, 6.07) is 6.52. The predicted molar refractivity (Wildman–Crippen MR) is 64.9 cm³/mol. The average molecular weight is 244 g/mol. The van der Waals surface area contributed by atoms with Gasteiger partial charge < -0.3 is 0 Å². The summed E-state index contributed by atoms with van der Waals surface area (Å²) < 4.78 is 15.4. The van der Waals surface area contributed by atoms with Crippen molar-refractivity contribution in [3.8, 4) is 0 Å². The molecule has 3 nitrogen and oxygen atoms in total. The van der Waals surface area contributed by atoms with Gasteiger partial charge in [0.1, 0.15) is 11.6 Å². The molecular weight excluding hydrogens is 231 g/mol. The lowest BCUT2D eigenvalue weighted by molar-refractivity contribution is 0.0857. The zero-order valence-electron chi connectivity index (χ0n) is 10.1. The number of benzene rings is 1. The van der Waals surface area contributed by atoms with Crippen molar-refractivity contribution < 1.29 is 9.18 Å². The van der Waals surface area contributed by atoms with E-state index in [1.54, 1.807) is 37.5 Å². The van der Waals surface area contributed by atoms with Crippen molar-refractivity contribution in [3.63, 3.8) is 0 Å². The second-order valence-electron chi connectivity index (χ2n) is 4.71. The molecule has 0 amide bonds. The summed E-state index contributed by atoms with van der Waals surface area (Å²) in [5.74, 6) is 0.256. The van der Waals surface area contributed by atoms with Gasteiger partial charge in [-0.05, 0) is 25.8 Å². The minimum atomic E-state index is -0.684. The molecule has 0 bridgehead atoms. The molecule has 1 aliphatic carbocycles. The lowest BCUT2D eigenvalue weighted by atomic mass is 9.94. The molecule has 0 aliphatic heterocycles. The maximum absolute atomic E-state index is 13.9. The van der Waals surface area contributed by atoms with Crippen molar-refractivity contribution in [1.29, 1.82) is 0 Å². The molecule has 0 atom stereocenters. The number of aromatic nitrogens is 2. The average Bonchev–Trinajstić information content (AvgIpc) is 3.06. The van der Waals surface area contributed by atoms with Crippen LogP contribution in [0.4, 0.5) is 4.39 Å². The highest BCUT2D eigenvalue weighted by Crippen LogP contribution is 2.50. The fraction of sp³-hybridized carbons (Fsp3) is 0.286. The Kier molecular flexibility index (Phi) is 2.33. The number of hydrogen-bond acceptors (Lipinski definition) is 2. The van der Waals surface area contributed by atoms with E-state index in [0.717, 1.165) is 0 Å². The highest BCUT2D eigenvalue weighted by molar-refractivity contribution is 5.93. The quantitative estimate of drug-likeness (QED) is 0.814. The van der Waals surface area contributed by atoms with E-state index >= 15 is 0 Å². The first-order chi connectivity index (χ1) is 8.65. The van der Waals surface area contributed by atoms with Crippen LogP contribution in [0, 0.1) is 12.7 Å². The summed E-state index contributed by atoms with van der Waals surface area (Å²) in [6.07, 6.45) is 4.62. The first kappa shape index (κ1) is 11.1. The Bertz CT molecular complexity index is 614. The van der Waals surface area contributed by atoms with Gasteiger partial charge in [0.15, 0.2) is 0 Å². The highest BCUT2D eigenvalue weighted by atomic mass is 19.1. The molecule has 2 aromatic rings.